The number of nitrogens with zero attached hydrogens (tertiary/aromatic N) is 6. The Bertz CT molecular complexity index is 1150. The number of aromatic nitrogens is 5. The molecule has 0 radical (unpaired) electrons. The lowest BCUT2D eigenvalue weighted by Gasteiger charge is -2.28. The van der Waals surface area contributed by atoms with Crippen molar-refractivity contribution < 1.29 is 0 Å². The summed E-state index contributed by atoms with van der Waals surface area (Å²) in [4.78, 5) is 24.4. The van der Waals surface area contributed by atoms with Gasteiger partial charge in [-0.1, -0.05) is 29.8 Å². The third-order valence-corrected chi connectivity index (χ3v) is 5.45. The summed E-state index contributed by atoms with van der Waals surface area (Å²) in [6.07, 6.45) is 9.77. The van der Waals surface area contributed by atoms with Crippen LogP contribution in [-0.2, 0) is 19.5 Å². The minimum atomic E-state index is 0.685. The van der Waals surface area contributed by atoms with Crippen LogP contribution < -0.4 is 0 Å². The maximum Gasteiger partial charge on any atom is 0.162 e. The lowest BCUT2D eigenvalue weighted by atomic mass is 10.1. The second-order valence-electron chi connectivity index (χ2n) is 7.31. The van der Waals surface area contributed by atoms with E-state index >= 15 is 0 Å². The molecule has 148 valence electrons. The van der Waals surface area contributed by atoms with Crippen LogP contribution in [0.15, 0.2) is 67.5 Å². The van der Waals surface area contributed by atoms with E-state index in [1.165, 1.54) is 17.5 Å². The molecule has 0 spiro atoms. The van der Waals surface area contributed by atoms with Crippen LogP contribution >= 0.6 is 11.6 Å². The van der Waals surface area contributed by atoms with Gasteiger partial charge in [-0.05, 0) is 23.8 Å². The summed E-state index contributed by atoms with van der Waals surface area (Å²) in [5.41, 5.74) is 6.33. The van der Waals surface area contributed by atoms with E-state index in [4.69, 9.17) is 16.6 Å². The molecule has 3 aromatic heterocycles. The van der Waals surface area contributed by atoms with Gasteiger partial charge in [0.1, 0.15) is 6.33 Å². The molecule has 1 aliphatic rings. The highest BCUT2D eigenvalue weighted by atomic mass is 35.5. The Morgan fingerprint density at radius 2 is 1.70 bits per heavy atom. The van der Waals surface area contributed by atoms with E-state index in [-0.39, 0.29) is 0 Å². The molecular weight excluding hydrogens is 396 g/mol. The van der Waals surface area contributed by atoms with Gasteiger partial charge in [-0.15, -0.1) is 0 Å². The Kier molecular flexibility index (Phi) is 5.17. The average Bonchev–Trinajstić information content (AvgIpc) is 2.80. The Balaban J connectivity index is 1.27. The number of pyridine rings is 1. The maximum absolute atomic E-state index is 5.97. The predicted octanol–water partition coefficient (Wildman–Crippen LogP) is 4.21. The largest absolute Gasteiger partial charge is 0.294 e. The van der Waals surface area contributed by atoms with Gasteiger partial charge in [0.25, 0.3) is 0 Å². The molecule has 30 heavy (non-hydrogen) atoms. The van der Waals surface area contributed by atoms with E-state index in [9.17, 15) is 0 Å². The van der Waals surface area contributed by atoms with Crippen molar-refractivity contribution in [1.29, 1.82) is 0 Å². The third kappa shape index (κ3) is 4.06. The van der Waals surface area contributed by atoms with E-state index in [2.05, 4.69) is 37.0 Å². The van der Waals surface area contributed by atoms with Crippen molar-refractivity contribution in [3.63, 3.8) is 0 Å². The highest BCUT2D eigenvalue weighted by Gasteiger charge is 2.19. The fourth-order valence-corrected chi connectivity index (χ4v) is 3.76. The van der Waals surface area contributed by atoms with Gasteiger partial charge in [-0.2, -0.15) is 0 Å². The van der Waals surface area contributed by atoms with Gasteiger partial charge in [0.2, 0.25) is 0 Å². The lowest BCUT2D eigenvalue weighted by Crippen LogP contribution is -2.31. The highest BCUT2D eigenvalue weighted by molar-refractivity contribution is 6.30. The fourth-order valence-electron chi connectivity index (χ4n) is 3.63. The molecule has 0 unspecified atom stereocenters. The first-order valence-corrected chi connectivity index (χ1v) is 10.2. The van der Waals surface area contributed by atoms with Gasteiger partial charge in [-0.3, -0.25) is 9.88 Å². The van der Waals surface area contributed by atoms with Crippen molar-refractivity contribution in [1.82, 2.24) is 29.8 Å². The molecule has 1 aromatic carbocycles. The van der Waals surface area contributed by atoms with Gasteiger partial charge in [-0.25, -0.2) is 19.9 Å². The molecule has 0 fully saturated rings. The van der Waals surface area contributed by atoms with Crippen LogP contribution in [0, 0.1) is 0 Å². The average molecular weight is 415 g/mol. The summed E-state index contributed by atoms with van der Waals surface area (Å²) < 4.78 is 0. The third-order valence-electron chi connectivity index (χ3n) is 5.20. The lowest BCUT2D eigenvalue weighted by molar-refractivity contribution is 0.242. The quantitative estimate of drug-likeness (QED) is 0.498. The molecule has 4 heterocycles. The molecule has 0 saturated heterocycles. The second-order valence-corrected chi connectivity index (χ2v) is 7.75. The van der Waals surface area contributed by atoms with E-state index in [0.29, 0.717) is 5.82 Å². The van der Waals surface area contributed by atoms with E-state index in [0.717, 1.165) is 53.6 Å². The standard InChI is InChI=1S/C23H19ClN6/c24-20-4-2-17(3-5-20)21-6-1-16(9-27-21)13-30-8-7-22-19(14-30)12-28-23(29-22)18-10-25-15-26-11-18/h1-6,9-12,15H,7-8,13-14H2. The maximum atomic E-state index is 5.97. The van der Waals surface area contributed by atoms with Crippen molar-refractivity contribution in [2.45, 2.75) is 19.5 Å². The summed E-state index contributed by atoms with van der Waals surface area (Å²) in [6.45, 7) is 2.63. The van der Waals surface area contributed by atoms with Crippen LogP contribution in [0.5, 0.6) is 0 Å². The zero-order valence-corrected chi connectivity index (χ0v) is 17.0. The number of rotatable bonds is 4. The van der Waals surface area contributed by atoms with Crippen LogP contribution in [-0.4, -0.2) is 36.4 Å². The fraction of sp³-hybridized carbons (Fsp3) is 0.174. The smallest absolute Gasteiger partial charge is 0.162 e. The molecular formula is C23H19ClN6. The molecule has 0 bridgehead atoms. The van der Waals surface area contributed by atoms with Gasteiger partial charge < -0.3 is 0 Å². The van der Waals surface area contributed by atoms with Gasteiger partial charge in [0.15, 0.2) is 5.82 Å². The molecule has 0 aliphatic carbocycles. The molecule has 5 rings (SSSR count). The number of benzene rings is 1. The molecule has 1 aliphatic heterocycles. The summed E-state index contributed by atoms with van der Waals surface area (Å²) >= 11 is 5.97. The van der Waals surface area contributed by atoms with Crippen LogP contribution in [0.25, 0.3) is 22.6 Å². The number of fused-ring (bicyclic) bond motifs is 1. The summed E-state index contributed by atoms with van der Waals surface area (Å²) in [5.74, 6) is 0.685. The van der Waals surface area contributed by atoms with Gasteiger partial charge >= 0.3 is 0 Å². The number of hydrogen-bond donors (Lipinski definition) is 0. The van der Waals surface area contributed by atoms with Crippen molar-refractivity contribution in [2.75, 3.05) is 6.54 Å². The first-order chi connectivity index (χ1) is 14.7. The van der Waals surface area contributed by atoms with Crippen LogP contribution in [0.1, 0.15) is 16.8 Å². The van der Waals surface area contributed by atoms with Gasteiger partial charge in [0.05, 0.1) is 17.0 Å². The molecule has 4 aromatic rings. The van der Waals surface area contributed by atoms with Crippen molar-refractivity contribution in [3.05, 3.63) is 89.4 Å². The van der Waals surface area contributed by atoms with E-state index in [1.54, 1.807) is 12.4 Å². The minimum absolute atomic E-state index is 0.685. The molecule has 6 nitrogen and oxygen atoms in total. The first-order valence-electron chi connectivity index (χ1n) is 9.78. The topological polar surface area (TPSA) is 67.7 Å². The predicted molar refractivity (Wildman–Crippen MR) is 116 cm³/mol. The molecule has 0 atom stereocenters. The molecule has 0 N–H and O–H groups in total. The van der Waals surface area contributed by atoms with Crippen LogP contribution in [0.2, 0.25) is 5.02 Å². The Morgan fingerprint density at radius 3 is 2.47 bits per heavy atom. The molecule has 0 saturated carbocycles. The Labute approximate surface area is 179 Å². The van der Waals surface area contributed by atoms with Gasteiger partial charge in [0, 0.05) is 67.0 Å². The van der Waals surface area contributed by atoms with Crippen molar-refractivity contribution in [2.24, 2.45) is 0 Å². The zero-order valence-electron chi connectivity index (χ0n) is 16.2. The molecule has 0 amide bonds. The van der Waals surface area contributed by atoms with Crippen LogP contribution in [0.3, 0.4) is 0 Å². The summed E-state index contributed by atoms with van der Waals surface area (Å²) in [5, 5.41) is 0.731. The Morgan fingerprint density at radius 1 is 0.867 bits per heavy atom. The van der Waals surface area contributed by atoms with E-state index < -0.39 is 0 Å². The summed E-state index contributed by atoms with van der Waals surface area (Å²) in [6, 6.07) is 11.9. The van der Waals surface area contributed by atoms with E-state index in [1.807, 2.05) is 36.7 Å². The first kappa shape index (κ1) is 18.8. The van der Waals surface area contributed by atoms with Crippen molar-refractivity contribution >= 4 is 11.6 Å². The second kappa shape index (κ2) is 8.26. The van der Waals surface area contributed by atoms with Crippen LogP contribution in [0.4, 0.5) is 0 Å². The number of hydrogen-bond acceptors (Lipinski definition) is 6. The van der Waals surface area contributed by atoms with Crippen molar-refractivity contribution in [3.8, 4) is 22.6 Å². The molecule has 7 heteroatoms. The SMILES string of the molecule is Clc1ccc(-c2ccc(CN3CCc4nc(-c5cncnc5)ncc4C3)cn2)cc1. The zero-order chi connectivity index (χ0) is 20.3. The summed E-state index contributed by atoms with van der Waals surface area (Å²) in [7, 11) is 0. The normalized spacial score (nSPS) is 13.8. The number of halogens is 1. The highest BCUT2D eigenvalue weighted by Crippen LogP contribution is 2.23. The Hall–Kier alpha value is -3.22. The monoisotopic (exact) mass is 414 g/mol. The minimum Gasteiger partial charge on any atom is -0.294 e.